The lowest BCUT2D eigenvalue weighted by molar-refractivity contribution is -0.384. The third kappa shape index (κ3) is 6.37. The predicted octanol–water partition coefficient (Wildman–Crippen LogP) is 3.63. The molecule has 0 radical (unpaired) electrons. The van der Waals surface area contributed by atoms with Crippen LogP contribution in [0.2, 0.25) is 0 Å². The first-order valence-corrected chi connectivity index (χ1v) is 12.3. The van der Waals surface area contributed by atoms with Crippen molar-refractivity contribution in [2.75, 3.05) is 62.5 Å². The number of benzene rings is 2. The molecular formula is C25H29FN8O6. The molecule has 1 fully saturated rings. The number of ether oxygens (including phenoxy) is 3. The van der Waals surface area contributed by atoms with Crippen molar-refractivity contribution >= 4 is 40.6 Å². The smallest absolute Gasteiger partial charge is 0.409 e. The topological polar surface area (TPSA) is 170 Å². The summed E-state index contributed by atoms with van der Waals surface area (Å²) >= 11 is 0. The van der Waals surface area contributed by atoms with Crippen LogP contribution >= 0.6 is 0 Å². The Labute approximate surface area is 229 Å². The number of nitrogens with two attached hydrogens (primary N) is 1. The number of piperazine rings is 1. The molecule has 0 spiro atoms. The van der Waals surface area contributed by atoms with Crippen LogP contribution < -0.4 is 35.5 Å². The van der Waals surface area contributed by atoms with E-state index in [9.17, 15) is 19.3 Å². The summed E-state index contributed by atoms with van der Waals surface area (Å²) in [6.45, 7) is 5.84. The van der Waals surface area contributed by atoms with Gasteiger partial charge in [0.05, 0.1) is 36.7 Å². The fourth-order valence-electron chi connectivity index (χ4n) is 4.26. The summed E-state index contributed by atoms with van der Waals surface area (Å²) in [6.07, 6.45) is -0.0933. The van der Waals surface area contributed by atoms with E-state index in [4.69, 9.17) is 19.9 Å². The molecule has 4 rings (SSSR count). The van der Waals surface area contributed by atoms with Gasteiger partial charge in [-0.25, -0.2) is 14.2 Å². The Balaban J connectivity index is 1.63. The van der Waals surface area contributed by atoms with Crippen LogP contribution in [-0.2, 0) is 0 Å². The van der Waals surface area contributed by atoms with Gasteiger partial charge >= 0.3 is 6.09 Å². The fourth-order valence-corrected chi connectivity index (χ4v) is 4.26. The molecule has 15 heteroatoms. The van der Waals surface area contributed by atoms with Gasteiger partial charge in [-0.15, -0.1) is 0 Å². The highest BCUT2D eigenvalue weighted by Crippen LogP contribution is 2.40. The lowest BCUT2D eigenvalue weighted by atomic mass is 10.1. The van der Waals surface area contributed by atoms with Crippen LogP contribution in [0.4, 0.5) is 43.7 Å². The molecule has 40 heavy (non-hydrogen) atoms. The van der Waals surface area contributed by atoms with E-state index in [1.165, 1.54) is 38.5 Å². The Kier molecular flexibility index (Phi) is 8.63. The average molecular weight is 557 g/mol. The molecule has 1 saturated heterocycles. The van der Waals surface area contributed by atoms with E-state index < -0.39 is 16.8 Å². The Hall–Kier alpha value is -4.92. The minimum absolute atomic E-state index is 0.0654. The van der Waals surface area contributed by atoms with Crippen molar-refractivity contribution in [2.24, 2.45) is 5.73 Å². The summed E-state index contributed by atoms with van der Waals surface area (Å²) < 4.78 is 30.4. The maximum absolute atomic E-state index is 14.7. The molecule has 0 atom stereocenters. The summed E-state index contributed by atoms with van der Waals surface area (Å²) in [5, 5.41) is 17.7. The molecule has 1 aliphatic heterocycles. The number of primary amides is 1. The number of nitro benzene ring substituents is 1. The highest BCUT2D eigenvalue weighted by atomic mass is 19.1. The second-order valence-electron chi connectivity index (χ2n) is 8.64. The monoisotopic (exact) mass is 556 g/mol. The number of halogens is 1. The molecule has 0 saturated carbocycles. The summed E-state index contributed by atoms with van der Waals surface area (Å²) in [7, 11) is 2.85. The molecule has 3 aromatic rings. The first-order chi connectivity index (χ1) is 19.2. The summed E-state index contributed by atoms with van der Waals surface area (Å²) in [4.78, 5) is 35.0. The number of hydrogen-bond acceptors (Lipinski definition) is 12. The van der Waals surface area contributed by atoms with Crippen molar-refractivity contribution in [1.82, 2.24) is 14.9 Å². The first kappa shape index (κ1) is 28.1. The second kappa shape index (κ2) is 12.3. The number of nitrogens with zero attached hydrogens (tertiary/aromatic N) is 5. The minimum atomic E-state index is -1.02. The zero-order valence-corrected chi connectivity index (χ0v) is 22.1. The number of methoxy groups -OCH3 is 2. The molecule has 1 aliphatic rings. The van der Waals surface area contributed by atoms with Crippen molar-refractivity contribution in [3.63, 3.8) is 0 Å². The largest absolute Gasteiger partial charge is 0.495 e. The van der Waals surface area contributed by atoms with Gasteiger partial charge in [0.1, 0.15) is 22.9 Å². The number of rotatable bonds is 10. The molecule has 1 amide bonds. The quantitative estimate of drug-likeness (QED) is 0.245. The van der Waals surface area contributed by atoms with Crippen molar-refractivity contribution < 1.29 is 28.3 Å². The van der Waals surface area contributed by atoms with Gasteiger partial charge in [0.2, 0.25) is 5.95 Å². The molecule has 0 unspecified atom stereocenters. The van der Waals surface area contributed by atoms with Crippen molar-refractivity contribution in [3.8, 4) is 17.2 Å². The van der Waals surface area contributed by atoms with Gasteiger partial charge in [-0.3, -0.25) is 10.1 Å². The molecule has 2 aromatic carbocycles. The lowest BCUT2D eigenvalue weighted by Gasteiger charge is -2.35. The molecule has 14 nitrogen and oxygen atoms in total. The van der Waals surface area contributed by atoms with Gasteiger partial charge in [0.25, 0.3) is 5.69 Å². The fraction of sp³-hybridized carbons (Fsp3) is 0.320. The normalized spacial score (nSPS) is 13.4. The van der Waals surface area contributed by atoms with E-state index in [1.54, 1.807) is 6.07 Å². The Morgan fingerprint density at radius 2 is 1.80 bits per heavy atom. The number of anilines is 5. The van der Waals surface area contributed by atoms with Crippen molar-refractivity contribution in [2.45, 2.75) is 6.92 Å². The highest BCUT2D eigenvalue weighted by Gasteiger charge is 2.26. The highest BCUT2D eigenvalue weighted by molar-refractivity contribution is 5.77. The average Bonchev–Trinajstić information content (AvgIpc) is 2.94. The minimum Gasteiger partial charge on any atom is -0.495 e. The first-order valence-electron chi connectivity index (χ1n) is 12.3. The van der Waals surface area contributed by atoms with Gasteiger partial charge < -0.3 is 40.4 Å². The number of amides is 1. The van der Waals surface area contributed by atoms with Crippen LogP contribution in [0.5, 0.6) is 17.2 Å². The number of nitro groups is 1. The van der Waals surface area contributed by atoms with Crippen LogP contribution in [0.3, 0.4) is 0 Å². The van der Waals surface area contributed by atoms with Gasteiger partial charge in [-0.1, -0.05) is 6.92 Å². The third-order valence-corrected chi connectivity index (χ3v) is 6.29. The van der Waals surface area contributed by atoms with Crippen LogP contribution in [-0.4, -0.2) is 72.8 Å². The number of nitrogens with one attached hydrogen (secondary N) is 2. The summed E-state index contributed by atoms with van der Waals surface area (Å²) in [5.41, 5.74) is 5.84. The van der Waals surface area contributed by atoms with Gasteiger partial charge in [-0.2, -0.15) is 4.98 Å². The Morgan fingerprint density at radius 1 is 1.10 bits per heavy atom. The molecule has 0 aliphatic carbocycles. The molecule has 4 N–H and O–H groups in total. The van der Waals surface area contributed by atoms with Crippen LogP contribution in [0.25, 0.3) is 0 Å². The summed E-state index contributed by atoms with van der Waals surface area (Å²) in [6, 6.07) is 7.26. The van der Waals surface area contributed by atoms with E-state index in [0.29, 0.717) is 30.3 Å². The zero-order chi connectivity index (χ0) is 28.8. The van der Waals surface area contributed by atoms with Gasteiger partial charge in [0, 0.05) is 44.4 Å². The lowest BCUT2D eigenvalue weighted by Crippen LogP contribution is -2.46. The van der Waals surface area contributed by atoms with E-state index in [0.717, 1.165) is 25.8 Å². The maximum Gasteiger partial charge on any atom is 0.409 e. The number of hydrogen-bond donors (Lipinski definition) is 3. The van der Waals surface area contributed by atoms with E-state index in [1.807, 2.05) is 4.90 Å². The van der Waals surface area contributed by atoms with Crippen molar-refractivity contribution in [3.05, 3.63) is 52.5 Å². The molecule has 1 aromatic heterocycles. The van der Waals surface area contributed by atoms with Gasteiger partial charge in [-0.05, 0) is 18.7 Å². The number of carbonyl (C=O) groups excluding carboxylic acids is 1. The summed E-state index contributed by atoms with van der Waals surface area (Å²) in [5.74, 6) is -0.392. The predicted molar refractivity (Wildman–Crippen MR) is 146 cm³/mol. The second-order valence-corrected chi connectivity index (χ2v) is 8.64. The third-order valence-electron chi connectivity index (χ3n) is 6.29. The van der Waals surface area contributed by atoms with Gasteiger partial charge in [0.15, 0.2) is 11.6 Å². The molecule has 0 bridgehead atoms. The van der Waals surface area contributed by atoms with E-state index in [-0.39, 0.29) is 34.6 Å². The SMILES string of the molecule is CCN1CCN(c2cc(OC)c(Nc3ncc(F)c(Nc4cc(OC(N)=O)ccc4OC)n3)cc2[N+](=O)[O-])CC1. The standard InChI is InChI=1S/C25H29FN8O6/c1-4-32-7-9-33(10-8-32)19-13-22(39-3)18(12-20(19)34(36)37)30-25-28-14-16(26)23(31-25)29-17-11-15(40-24(27)35)5-6-21(17)38-2/h5-6,11-14H,4,7-10H2,1-3H3,(H2,27,35)(H2,28,29,30,31). The number of likely N-dealkylation sites (N-methyl/N-ethyl adjacent to an activating group) is 1. The van der Waals surface area contributed by atoms with Crippen molar-refractivity contribution in [1.29, 1.82) is 0 Å². The molecule has 212 valence electrons. The van der Waals surface area contributed by atoms with Crippen LogP contribution in [0.1, 0.15) is 6.92 Å². The molecule has 2 heterocycles. The number of aromatic nitrogens is 2. The van der Waals surface area contributed by atoms with E-state index >= 15 is 0 Å². The van der Waals surface area contributed by atoms with E-state index in [2.05, 4.69) is 32.4 Å². The van der Waals surface area contributed by atoms with Crippen LogP contribution in [0, 0.1) is 15.9 Å². The Bertz CT molecular complexity index is 1400. The molecular weight excluding hydrogens is 527 g/mol. The maximum atomic E-state index is 14.7. The zero-order valence-electron chi connectivity index (χ0n) is 22.1. The van der Waals surface area contributed by atoms with Crippen LogP contribution in [0.15, 0.2) is 36.5 Å². The Morgan fingerprint density at radius 3 is 2.42 bits per heavy atom. The number of carbonyl (C=O) groups is 1.